The zero-order valence-electron chi connectivity index (χ0n) is 26.5. The molecule has 0 aliphatic carbocycles. The summed E-state index contributed by atoms with van der Waals surface area (Å²) in [5.74, 6) is 0.182. The zero-order chi connectivity index (χ0) is 32.4. The highest BCUT2D eigenvalue weighted by molar-refractivity contribution is 7.26. The Morgan fingerprint density at radius 3 is 2.02 bits per heavy atom. The molecule has 0 aliphatic heterocycles. The van der Waals surface area contributed by atoms with Crippen molar-refractivity contribution >= 4 is 91.3 Å². The Bertz CT molecular complexity index is 2760. The van der Waals surface area contributed by atoms with E-state index in [0.717, 1.165) is 23.2 Å². The first-order valence-electron chi connectivity index (χ1n) is 16.4. The molecule has 0 saturated heterocycles. The lowest BCUT2D eigenvalue weighted by Gasteiger charge is -2.20. The highest BCUT2D eigenvalue weighted by atomic mass is 32.1. The Balaban J connectivity index is 1.26. The maximum Gasteiger partial charge on any atom is 0.136 e. The summed E-state index contributed by atoms with van der Waals surface area (Å²) >= 11 is 1.88. The number of fused-ring (bicyclic) bond motifs is 11. The number of allylic oxidation sites excluding steroid dienone is 5. The SMILES string of the molecule is C=C/C=C\C(C=C)CC(=C)c1c2ccccc2c(-c2ccc3sc4c(ccc5c4ccc4oc6ccccc6c45)c3c2)c2ccccc12. The molecule has 0 amide bonds. The lowest BCUT2D eigenvalue weighted by atomic mass is 9.84. The molecular formula is C46H32OS. The first-order chi connectivity index (χ1) is 23.6. The summed E-state index contributed by atoms with van der Waals surface area (Å²) < 4.78 is 8.82. The van der Waals surface area contributed by atoms with Crippen molar-refractivity contribution in [3.05, 3.63) is 165 Å². The molecule has 9 rings (SSSR count). The molecule has 0 fully saturated rings. The number of hydrogen-bond donors (Lipinski definition) is 0. The van der Waals surface area contributed by atoms with Gasteiger partial charge in [-0.05, 0) is 91.9 Å². The fraction of sp³-hybridized carbons (Fsp3) is 0.0435. The Morgan fingerprint density at radius 1 is 0.646 bits per heavy atom. The number of thiophene rings is 1. The molecule has 9 aromatic rings. The van der Waals surface area contributed by atoms with Crippen LogP contribution in [0.15, 0.2) is 164 Å². The van der Waals surface area contributed by atoms with E-state index in [-0.39, 0.29) is 5.92 Å². The molecular weight excluding hydrogens is 601 g/mol. The molecule has 0 N–H and O–H groups in total. The van der Waals surface area contributed by atoms with Crippen LogP contribution in [0.4, 0.5) is 0 Å². The Morgan fingerprint density at radius 2 is 1.29 bits per heavy atom. The standard InChI is InChI=1S/C46H32OS/c1-4-6-13-29(5-2)26-28(3)43-31-14-7-9-16-33(31)44(34-17-10-8-15-32(34)43)30-20-25-42-39(27-30)37-22-21-35-36(46(37)48-42)23-24-41-45(35)38-18-11-12-19-40(38)47-41/h4-25,27,29H,1-3,26H2/b13-6-. The third kappa shape index (κ3) is 4.30. The Kier molecular flexibility index (Phi) is 6.67. The maximum absolute atomic E-state index is 6.22. The van der Waals surface area contributed by atoms with Crippen molar-refractivity contribution in [2.75, 3.05) is 0 Å². The second-order valence-corrected chi connectivity index (χ2v) is 13.6. The fourth-order valence-corrected chi connectivity index (χ4v) is 8.89. The average Bonchev–Trinajstić information content (AvgIpc) is 3.70. The van der Waals surface area contributed by atoms with Crippen molar-refractivity contribution in [1.82, 2.24) is 0 Å². The molecule has 2 heteroatoms. The molecule has 1 unspecified atom stereocenters. The van der Waals surface area contributed by atoms with Crippen molar-refractivity contribution in [2.45, 2.75) is 6.42 Å². The van der Waals surface area contributed by atoms with E-state index in [9.17, 15) is 0 Å². The van der Waals surface area contributed by atoms with E-state index >= 15 is 0 Å². The van der Waals surface area contributed by atoms with Crippen molar-refractivity contribution in [1.29, 1.82) is 0 Å². The number of para-hydroxylation sites is 1. The van der Waals surface area contributed by atoms with E-state index < -0.39 is 0 Å². The van der Waals surface area contributed by atoms with Gasteiger partial charge in [0.2, 0.25) is 0 Å². The van der Waals surface area contributed by atoms with E-state index in [0.29, 0.717) is 0 Å². The van der Waals surface area contributed by atoms with Gasteiger partial charge in [0.15, 0.2) is 0 Å². The van der Waals surface area contributed by atoms with Crippen LogP contribution in [0.1, 0.15) is 12.0 Å². The first-order valence-corrected chi connectivity index (χ1v) is 17.2. The minimum Gasteiger partial charge on any atom is -0.456 e. The second kappa shape index (κ2) is 11.2. The molecule has 2 aromatic heterocycles. The lowest BCUT2D eigenvalue weighted by molar-refractivity contribution is 0.669. The molecule has 1 atom stereocenters. The van der Waals surface area contributed by atoms with Gasteiger partial charge in [-0.25, -0.2) is 0 Å². The smallest absolute Gasteiger partial charge is 0.136 e. The molecule has 0 bridgehead atoms. The summed E-state index contributed by atoms with van der Waals surface area (Å²) in [6, 6.07) is 41.9. The van der Waals surface area contributed by atoms with E-state index in [1.54, 1.807) is 0 Å². The van der Waals surface area contributed by atoms with Crippen LogP contribution in [0.2, 0.25) is 0 Å². The number of rotatable bonds is 7. The van der Waals surface area contributed by atoms with Gasteiger partial charge in [0, 0.05) is 36.3 Å². The summed E-state index contributed by atoms with van der Waals surface area (Å²) in [5.41, 5.74) is 6.68. The van der Waals surface area contributed by atoms with Crippen LogP contribution in [0.25, 0.3) is 91.1 Å². The number of hydrogen-bond acceptors (Lipinski definition) is 2. The van der Waals surface area contributed by atoms with Crippen LogP contribution < -0.4 is 0 Å². The minimum absolute atomic E-state index is 0.182. The van der Waals surface area contributed by atoms with Gasteiger partial charge in [-0.3, -0.25) is 0 Å². The monoisotopic (exact) mass is 632 g/mol. The average molecular weight is 633 g/mol. The summed E-state index contributed by atoms with van der Waals surface area (Å²) in [6.07, 6.45) is 8.74. The minimum atomic E-state index is 0.182. The predicted octanol–water partition coefficient (Wildman–Crippen LogP) is 14.0. The van der Waals surface area contributed by atoms with Gasteiger partial charge < -0.3 is 4.42 Å². The van der Waals surface area contributed by atoms with Crippen LogP contribution in [-0.4, -0.2) is 0 Å². The van der Waals surface area contributed by atoms with Crippen LogP contribution in [0.5, 0.6) is 0 Å². The quantitative estimate of drug-likeness (QED) is 0.0968. The van der Waals surface area contributed by atoms with Gasteiger partial charge in [-0.2, -0.15) is 0 Å². The Labute approximate surface area is 283 Å². The largest absolute Gasteiger partial charge is 0.456 e. The summed E-state index contributed by atoms with van der Waals surface area (Å²) in [6.45, 7) is 12.6. The summed E-state index contributed by atoms with van der Waals surface area (Å²) in [7, 11) is 0. The van der Waals surface area contributed by atoms with Gasteiger partial charge in [-0.15, -0.1) is 17.9 Å². The van der Waals surface area contributed by atoms with Gasteiger partial charge in [0.25, 0.3) is 0 Å². The summed E-state index contributed by atoms with van der Waals surface area (Å²) in [5, 5.41) is 12.4. The van der Waals surface area contributed by atoms with Gasteiger partial charge in [0.1, 0.15) is 11.2 Å². The second-order valence-electron chi connectivity index (χ2n) is 12.6. The highest BCUT2D eigenvalue weighted by Crippen LogP contribution is 2.46. The van der Waals surface area contributed by atoms with Crippen LogP contribution in [0, 0.1) is 5.92 Å². The van der Waals surface area contributed by atoms with E-state index in [2.05, 4.69) is 135 Å². The normalized spacial score (nSPS) is 12.8. The highest BCUT2D eigenvalue weighted by Gasteiger charge is 2.19. The van der Waals surface area contributed by atoms with Crippen LogP contribution in [0.3, 0.4) is 0 Å². The zero-order valence-corrected chi connectivity index (χ0v) is 27.3. The first kappa shape index (κ1) is 28.5. The molecule has 7 aromatic carbocycles. The molecule has 0 radical (unpaired) electrons. The van der Waals surface area contributed by atoms with Crippen molar-refractivity contribution in [3.63, 3.8) is 0 Å². The molecule has 1 nitrogen and oxygen atoms in total. The molecule has 0 aliphatic rings. The van der Waals surface area contributed by atoms with Crippen LogP contribution >= 0.6 is 11.3 Å². The molecule has 48 heavy (non-hydrogen) atoms. The van der Waals surface area contributed by atoms with Gasteiger partial charge in [-0.1, -0.05) is 122 Å². The van der Waals surface area contributed by atoms with Gasteiger partial charge in [0.05, 0.1) is 0 Å². The molecule has 228 valence electrons. The topological polar surface area (TPSA) is 13.1 Å². The maximum atomic E-state index is 6.22. The number of benzene rings is 7. The lowest BCUT2D eigenvalue weighted by Crippen LogP contribution is -1.97. The van der Waals surface area contributed by atoms with E-state index in [4.69, 9.17) is 4.42 Å². The molecule has 2 heterocycles. The van der Waals surface area contributed by atoms with Crippen molar-refractivity contribution in [3.8, 4) is 11.1 Å². The predicted molar refractivity (Wildman–Crippen MR) is 211 cm³/mol. The van der Waals surface area contributed by atoms with Crippen LogP contribution in [-0.2, 0) is 0 Å². The Hall–Kier alpha value is -5.70. The van der Waals surface area contributed by atoms with Crippen molar-refractivity contribution in [2.24, 2.45) is 5.92 Å². The fourth-order valence-electron chi connectivity index (χ4n) is 7.68. The van der Waals surface area contributed by atoms with Gasteiger partial charge >= 0.3 is 0 Å². The molecule has 0 saturated carbocycles. The summed E-state index contributed by atoms with van der Waals surface area (Å²) in [4.78, 5) is 0. The van der Waals surface area contributed by atoms with Crippen molar-refractivity contribution < 1.29 is 4.42 Å². The third-order valence-electron chi connectivity index (χ3n) is 9.82. The van der Waals surface area contributed by atoms with E-state index in [1.807, 2.05) is 35.6 Å². The third-order valence-corrected chi connectivity index (χ3v) is 11.0. The molecule has 0 spiro atoms. The number of furan rings is 1. The van der Waals surface area contributed by atoms with E-state index in [1.165, 1.54) is 80.0 Å².